The van der Waals surface area contributed by atoms with Crippen LogP contribution < -0.4 is 25.3 Å². The smallest absolute Gasteiger partial charge is 0.261 e. The zero-order valence-corrected chi connectivity index (χ0v) is 45.6. The fraction of sp³-hybridized carbons (Fsp3) is 0.323. The monoisotopic (exact) mass is 1050 g/mol. The average molecular weight is 1050 g/mol. The van der Waals surface area contributed by atoms with Crippen molar-refractivity contribution in [2.24, 2.45) is 5.41 Å². The van der Waals surface area contributed by atoms with Crippen LogP contribution in [-0.4, -0.2) is 84.6 Å². The van der Waals surface area contributed by atoms with Crippen molar-refractivity contribution < 1.29 is 37.3 Å². The van der Waals surface area contributed by atoms with E-state index in [1.165, 1.54) is 12.4 Å². The van der Waals surface area contributed by atoms with E-state index in [0.29, 0.717) is 54.3 Å². The third-order valence-corrected chi connectivity index (χ3v) is 20.4. The maximum atomic E-state index is 15.4. The van der Waals surface area contributed by atoms with Gasteiger partial charge in [0.05, 0.1) is 18.6 Å². The number of carbonyl (C=O) groups excluding carboxylic acids is 1. The van der Waals surface area contributed by atoms with E-state index < -0.39 is 49.7 Å². The van der Waals surface area contributed by atoms with Gasteiger partial charge in [0.25, 0.3) is 8.32 Å². The number of halogens is 1. The molecule has 15 heteroatoms. The molecule has 0 bridgehead atoms. The third kappa shape index (κ3) is 9.42. The quantitative estimate of drug-likeness (QED) is 0.0825. The molecule has 11 rings (SSSR count). The summed E-state index contributed by atoms with van der Waals surface area (Å²) in [4.78, 5) is 29.8. The summed E-state index contributed by atoms with van der Waals surface area (Å²) in [6, 6.07) is 54.0. The highest BCUT2D eigenvalue weighted by atomic mass is 28.4. The highest BCUT2D eigenvalue weighted by Crippen LogP contribution is 2.55. The number of aromatic nitrogens is 4. The zero-order valence-electron chi connectivity index (χ0n) is 44.6. The molecule has 77 heavy (non-hydrogen) atoms. The molecule has 5 heterocycles. The molecule has 0 aliphatic carbocycles. The summed E-state index contributed by atoms with van der Waals surface area (Å²) in [6.07, 6.45) is 0.0406. The van der Waals surface area contributed by atoms with Crippen molar-refractivity contribution >= 4 is 47.3 Å². The summed E-state index contributed by atoms with van der Waals surface area (Å²) in [7, 11) is -1.58. The van der Waals surface area contributed by atoms with Crippen molar-refractivity contribution in [2.75, 3.05) is 37.0 Å². The predicted octanol–water partition coefficient (Wildman–Crippen LogP) is 10.9. The number of methoxy groups -OCH3 is 1. The van der Waals surface area contributed by atoms with Crippen LogP contribution in [0.5, 0.6) is 11.5 Å². The lowest BCUT2D eigenvalue weighted by Gasteiger charge is -2.47. The van der Waals surface area contributed by atoms with Gasteiger partial charge < -0.3 is 38.3 Å². The number of para-hydroxylation sites is 3. The van der Waals surface area contributed by atoms with E-state index in [1.807, 2.05) is 103 Å². The first-order chi connectivity index (χ1) is 37.2. The number of fused-ring (bicyclic) bond motifs is 3. The minimum Gasteiger partial charge on any atom is -0.457 e. The molecule has 4 atom stereocenters. The summed E-state index contributed by atoms with van der Waals surface area (Å²) >= 11 is 0. The molecule has 0 saturated carbocycles. The number of hydrogen-bond donors (Lipinski definition) is 1. The predicted molar refractivity (Wildman–Crippen MR) is 298 cm³/mol. The molecule has 2 saturated heterocycles. The summed E-state index contributed by atoms with van der Waals surface area (Å²) in [5, 5.41) is 4.82. The molecule has 0 spiro atoms. The minimum atomic E-state index is -3.24. The Morgan fingerprint density at radius 3 is 1.87 bits per heavy atom. The van der Waals surface area contributed by atoms with Crippen molar-refractivity contribution in [3.8, 4) is 11.5 Å². The summed E-state index contributed by atoms with van der Waals surface area (Å²) in [6.45, 7) is 13.2. The van der Waals surface area contributed by atoms with Gasteiger partial charge in [0.15, 0.2) is 34.6 Å². The van der Waals surface area contributed by atoms with E-state index in [4.69, 9.17) is 38.1 Å². The molecule has 0 unspecified atom stereocenters. The topological polar surface area (TPSA) is 131 Å². The van der Waals surface area contributed by atoms with Gasteiger partial charge in [-0.2, -0.15) is 0 Å². The first-order valence-corrected chi connectivity index (χ1v) is 28.3. The van der Waals surface area contributed by atoms with E-state index in [9.17, 15) is 4.79 Å². The van der Waals surface area contributed by atoms with Crippen molar-refractivity contribution in [1.82, 2.24) is 19.5 Å². The number of ether oxygens (including phenoxy) is 5. The lowest BCUT2D eigenvalue weighted by atomic mass is 9.77. The van der Waals surface area contributed by atoms with Gasteiger partial charge in [-0.25, -0.2) is 19.3 Å². The Balaban J connectivity index is 1.12. The molecular formula is C62H65FN6O7Si. The zero-order chi connectivity index (χ0) is 53.6. The second kappa shape index (κ2) is 20.7. The molecular weight excluding hydrogens is 988 g/mol. The fourth-order valence-corrected chi connectivity index (χ4v) is 16.1. The van der Waals surface area contributed by atoms with Crippen molar-refractivity contribution in [1.29, 1.82) is 0 Å². The van der Waals surface area contributed by atoms with Crippen LogP contribution in [0.25, 0.3) is 11.2 Å². The van der Waals surface area contributed by atoms with Gasteiger partial charge in [0, 0.05) is 49.6 Å². The van der Waals surface area contributed by atoms with Gasteiger partial charge in [-0.15, -0.1) is 0 Å². The largest absolute Gasteiger partial charge is 0.457 e. The fourth-order valence-electron chi connectivity index (χ4n) is 11.5. The number of hydrogen-bond acceptors (Lipinski definition) is 11. The second-order valence-electron chi connectivity index (χ2n) is 22.1. The third-order valence-electron chi connectivity index (χ3n) is 15.4. The second-order valence-corrected chi connectivity index (χ2v) is 26.5. The van der Waals surface area contributed by atoms with Gasteiger partial charge in [0.2, 0.25) is 5.91 Å². The van der Waals surface area contributed by atoms with Crippen LogP contribution in [0.4, 0.5) is 15.9 Å². The van der Waals surface area contributed by atoms with E-state index in [2.05, 4.69) is 104 Å². The molecule has 396 valence electrons. The maximum absolute atomic E-state index is 15.4. The molecule has 8 aromatic rings. The SMILES string of the molecule is COC1(O[C@@H]2[C@H](OC3(c4ccccc4)c4ccccc4Oc4ccccc43)[C@@H](CO[Si](c3ccccc3)(c3ccccc3)C(C)(C)C)O[C@H]2n2cnc3c(NC(=O)C(C)(C)C)ncnc32)CCN(c2ccccc2F)CC1. The molecule has 2 aromatic heterocycles. The van der Waals surface area contributed by atoms with Gasteiger partial charge in [-0.1, -0.05) is 181 Å². The number of imidazole rings is 1. The van der Waals surface area contributed by atoms with E-state index in [1.54, 1.807) is 25.6 Å². The maximum Gasteiger partial charge on any atom is 0.261 e. The van der Waals surface area contributed by atoms with Crippen molar-refractivity contribution in [3.63, 3.8) is 0 Å². The van der Waals surface area contributed by atoms with Crippen LogP contribution in [-0.2, 0) is 33.8 Å². The molecule has 1 amide bonds. The van der Waals surface area contributed by atoms with Gasteiger partial charge in [-0.3, -0.25) is 9.36 Å². The van der Waals surface area contributed by atoms with Crippen LogP contribution in [0.15, 0.2) is 176 Å². The molecule has 2 fully saturated rings. The Hall–Kier alpha value is -7.11. The number of anilines is 2. The molecule has 6 aromatic carbocycles. The minimum absolute atomic E-state index is 0.0640. The van der Waals surface area contributed by atoms with E-state index >= 15 is 4.39 Å². The standard InChI is InChI=1S/C62H65FN6O7Si/c1-59(2,3)58(70)67-55-52-56(65-40-64-55)69(41-66-52)57-54(75-61(71-7)35-37-68(38-36-61)48-32-20-19-31-47(48)63)53(51(74-57)39-72-77(60(4,5)6,43-25-13-9-14-26-43)44-27-15-10-16-28-44)76-62(42-23-11-8-12-24-42)45-29-17-21-33-49(45)73-50-34-22-18-30-46(50)62/h8-34,40-41,51,53-54,57H,35-39H2,1-7H3,(H,64,65,67,70)/t51-,53-,54-,57-/m1/s1. The Morgan fingerprint density at radius 2 is 1.29 bits per heavy atom. The lowest BCUT2D eigenvalue weighted by molar-refractivity contribution is -0.282. The van der Waals surface area contributed by atoms with E-state index in [-0.39, 0.29) is 29.2 Å². The van der Waals surface area contributed by atoms with Crippen LogP contribution >= 0.6 is 0 Å². The van der Waals surface area contributed by atoms with Gasteiger partial charge >= 0.3 is 0 Å². The number of amides is 1. The molecule has 0 radical (unpaired) electrons. The summed E-state index contributed by atoms with van der Waals surface area (Å²) < 4.78 is 61.9. The first-order valence-electron chi connectivity index (χ1n) is 26.4. The van der Waals surface area contributed by atoms with Crippen LogP contribution in [0.2, 0.25) is 5.04 Å². The molecule has 13 nitrogen and oxygen atoms in total. The molecule has 1 N–H and O–H groups in total. The number of nitrogens with zero attached hydrogens (tertiary/aromatic N) is 5. The number of nitrogens with one attached hydrogen (secondary N) is 1. The van der Waals surface area contributed by atoms with E-state index in [0.717, 1.165) is 27.1 Å². The van der Waals surface area contributed by atoms with Crippen molar-refractivity contribution in [2.45, 2.75) is 95.4 Å². The number of carbonyl (C=O) groups is 1. The number of piperidine rings is 1. The Kier molecular flexibility index (Phi) is 14.0. The van der Waals surface area contributed by atoms with Gasteiger partial charge in [-0.05, 0) is 45.2 Å². The number of rotatable bonds is 14. The van der Waals surface area contributed by atoms with Crippen LogP contribution in [0, 0.1) is 11.2 Å². The average Bonchev–Trinajstić information content (AvgIpc) is 4.09. The van der Waals surface area contributed by atoms with Crippen LogP contribution in [0.3, 0.4) is 0 Å². The summed E-state index contributed by atoms with van der Waals surface area (Å²) in [5.41, 5.74) is 1.68. The Morgan fingerprint density at radius 1 is 0.714 bits per heavy atom. The van der Waals surface area contributed by atoms with Crippen LogP contribution in [0.1, 0.15) is 77.3 Å². The van der Waals surface area contributed by atoms with Crippen molar-refractivity contribution in [3.05, 3.63) is 199 Å². The Bertz CT molecular complexity index is 3280. The van der Waals surface area contributed by atoms with Gasteiger partial charge in [0.1, 0.15) is 42.0 Å². The number of benzene rings is 6. The Labute approximate surface area is 450 Å². The highest BCUT2D eigenvalue weighted by molar-refractivity contribution is 6.99. The first kappa shape index (κ1) is 52.0. The summed E-state index contributed by atoms with van der Waals surface area (Å²) in [5.74, 6) is -0.207. The highest BCUT2D eigenvalue weighted by Gasteiger charge is 2.59. The normalized spacial score (nSPS) is 20.0. The molecule has 3 aliphatic rings. The lowest BCUT2D eigenvalue weighted by Crippen LogP contribution is -2.67. The molecule has 3 aliphatic heterocycles.